The summed E-state index contributed by atoms with van der Waals surface area (Å²) in [6.07, 6.45) is -4.82. The van der Waals surface area contributed by atoms with E-state index in [4.69, 9.17) is 0 Å². The second-order valence-corrected chi connectivity index (χ2v) is 6.76. The minimum Gasteiger partial charge on any atom is -0.406 e. The maximum Gasteiger partial charge on any atom is 0.573 e. The van der Waals surface area contributed by atoms with Crippen LogP contribution in [0.2, 0.25) is 0 Å². The average Bonchev–Trinajstić information content (AvgIpc) is 2.72. The Morgan fingerprint density at radius 1 is 1.03 bits per heavy atom. The molecule has 1 amide bonds. The van der Waals surface area contributed by atoms with Crippen LogP contribution in [0.3, 0.4) is 0 Å². The minimum atomic E-state index is -4.82. The molecule has 0 radical (unpaired) electrons. The van der Waals surface area contributed by atoms with Crippen LogP contribution in [0.25, 0.3) is 10.9 Å². The van der Waals surface area contributed by atoms with Crippen molar-refractivity contribution < 1.29 is 22.7 Å². The van der Waals surface area contributed by atoms with Crippen molar-refractivity contribution in [2.45, 2.75) is 6.36 Å². The number of alkyl halides is 3. The summed E-state index contributed by atoms with van der Waals surface area (Å²) in [7, 11) is 0. The van der Waals surface area contributed by atoms with E-state index in [9.17, 15) is 22.8 Å². The van der Waals surface area contributed by atoms with Gasteiger partial charge in [0.15, 0.2) is 0 Å². The van der Waals surface area contributed by atoms with Gasteiger partial charge < -0.3 is 14.5 Å². The molecule has 1 N–H and O–H groups in total. The fourth-order valence-electron chi connectivity index (χ4n) is 3.35. The monoisotopic (exact) mass is 418 g/mol. The Kier molecular flexibility index (Phi) is 5.06. The van der Waals surface area contributed by atoms with Crippen LogP contribution in [0.1, 0.15) is 10.4 Å². The number of carbonyl (C=O) groups excluding carboxylic acids is 1. The molecule has 4 rings (SSSR count). The maximum absolute atomic E-state index is 12.7. The fourth-order valence-corrected chi connectivity index (χ4v) is 3.35. The summed E-state index contributed by atoms with van der Waals surface area (Å²) in [6.45, 7) is 1.51. The number of benzene rings is 2. The highest BCUT2D eigenvalue weighted by molar-refractivity contribution is 5.94. The number of nitrogens with one attached hydrogen (secondary N) is 1. The number of fused-ring (bicyclic) bond motifs is 1. The summed E-state index contributed by atoms with van der Waals surface area (Å²) >= 11 is 0. The van der Waals surface area contributed by atoms with Crippen molar-refractivity contribution in [2.24, 2.45) is 0 Å². The summed E-state index contributed by atoms with van der Waals surface area (Å²) < 4.78 is 41.1. The molecule has 30 heavy (non-hydrogen) atoms. The van der Waals surface area contributed by atoms with E-state index in [1.165, 1.54) is 12.1 Å². The van der Waals surface area contributed by atoms with E-state index in [0.29, 0.717) is 43.0 Å². The lowest BCUT2D eigenvalue weighted by atomic mass is 10.1. The molecule has 2 aromatic carbocycles. The van der Waals surface area contributed by atoms with Gasteiger partial charge in [-0.25, -0.2) is 4.98 Å². The molecule has 7 nitrogen and oxygen atoms in total. The van der Waals surface area contributed by atoms with E-state index >= 15 is 0 Å². The Morgan fingerprint density at radius 3 is 2.50 bits per heavy atom. The number of aromatic amines is 1. The Morgan fingerprint density at radius 2 is 1.77 bits per heavy atom. The van der Waals surface area contributed by atoms with Gasteiger partial charge in [0.05, 0.1) is 10.9 Å². The number of amides is 1. The zero-order valence-electron chi connectivity index (χ0n) is 15.6. The maximum atomic E-state index is 12.7. The van der Waals surface area contributed by atoms with Crippen LogP contribution in [0.5, 0.6) is 5.75 Å². The van der Waals surface area contributed by atoms with Crippen LogP contribution >= 0.6 is 0 Å². The normalized spacial score (nSPS) is 14.8. The summed E-state index contributed by atoms with van der Waals surface area (Å²) in [5, 5.41) is 0.496. The van der Waals surface area contributed by atoms with Crippen molar-refractivity contribution >= 4 is 22.8 Å². The molecule has 2 heterocycles. The summed E-state index contributed by atoms with van der Waals surface area (Å²) in [5.41, 5.74) is 0.453. The van der Waals surface area contributed by atoms with Gasteiger partial charge in [-0.2, -0.15) is 0 Å². The molecular weight excluding hydrogens is 401 g/mol. The molecule has 0 bridgehead atoms. The quantitative estimate of drug-likeness (QED) is 0.708. The second-order valence-electron chi connectivity index (χ2n) is 6.76. The van der Waals surface area contributed by atoms with Crippen molar-refractivity contribution in [3.05, 3.63) is 64.4 Å². The number of piperazine rings is 1. The molecule has 0 spiro atoms. The van der Waals surface area contributed by atoms with E-state index in [2.05, 4.69) is 14.7 Å². The third kappa shape index (κ3) is 4.22. The average molecular weight is 418 g/mol. The number of para-hydroxylation sites is 1. The smallest absolute Gasteiger partial charge is 0.406 e. The zero-order chi connectivity index (χ0) is 21.3. The Hall–Kier alpha value is -3.56. The highest BCUT2D eigenvalue weighted by Gasteiger charge is 2.31. The number of carbonyl (C=O) groups is 1. The lowest BCUT2D eigenvalue weighted by molar-refractivity contribution is -0.274. The summed E-state index contributed by atoms with van der Waals surface area (Å²) in [5.74, 6) is -0.404. The van der Waals surface area contributed by atoms with E-state index in [0.717, 1.165) is 12.1 Å². The SMILES string of the molecule is O=C(c1cccc(OC(F)(F)F)c1)N1CCN(c2nc3ccccc3c(=O)[nH]2)CC1. The number of nitrogens with zero attached hydrogens (tertiary/aromatic N) is 3. The summed E-state index contributed by atoms with van der Waals surface area (Å²) in [4.78, 5) is 35.6. The highest BCUT2D eigenvalue weighted by atomic mass is 19.4. The predicted molar refractivity (Wildman–Crippen MR) is 104 cm³/mol. The van der Waals surface area contributed by atoms with Crippen LogP contribution in [-0.2, 0) is 0 Å². The van der Waals surface area contributed by atoms with Gasteiger partial charge in [0.2, 0.25) is 5.95 Å². The van der Waals surface area contributed by atoms with Gasteiger partial charge in [-0.05, 0) is 30.3 Å². The van der Waals surface area contributed by atoms with E-state index in [-0.39, 0.29) is 17.0 Å². The van der Waals surface area contributed by atoms with Crippen LogP contribution in [-0.4, -0.2) is 53.3 Å². The van der Waals surface area contributed by atoms with Crippen LogP contribution in [0.4, 0.5) is 19.1 Å². The second kappa shape index (κ2) is 7.69. The number of halogens is 3. The number of hydrogen-bond acceptors (Lipinski definition) is 5. The number of aromatic nitrogens is 2. The molecule has 1 aliphatic rings. The molecule has 1 saturated heterocycles. The van der Waals surface area contributed by atoms with Crippen molar-refractivity contribution in [3.8, 4) is 5.75 Å². The number of hydrogen-bond donors (Lipinski definition) is 1. The molecule has 1 aromatic heterocycles. The van der Waals surface area contributed by atoms with Gasteiger partial charge in [0.25, 0.3) is 11.5 Å². The fraction of sp³-hybridized carbons (Fsp3) is 0.250. The van der Waals surface area contributed by atoms with Crippen LogP contribution < -0.4 is 15.2 Å². The molecule has 10 heteroatoms. The lowest BCUT2D eigenvalue weighted by Gasteiger charge is -2.35. The first-order valence-corrected chi connectivity index (χ1v) is 9.19. The number of ether oxygens (including phenoxy) is 1. The number of rotatable bonds is 3. The van der Waals surface area contributed by atoms with Gasteiger partial charge >= 0.3 is 6.36 Å². The van der Waals surface area contributed by atoms with Gasteiger partial charge in [0.1, 0.15) is 5.75 Å². The first kappa shape index (κ1) is 19.7. The van der Waals surface area contributed by atoms with Crippen molar-refractivity contribution in [3.63, 3.8) is 0 Å². The van der Waals surface area contributed by atoms with Gasteiger partial charge in [-0.15, -0.1) is 13.2 Å². The molecule has 1 fully saturated rings. The summed E-state index contributed by atoms with van der Waals surface area (Å²) in [6, 6.07) is 12.0. The molecule has 0 unspecified atom stereocenters. The van der Waals surface area contributed by atoms with Gasteiger partial charge in [-0.3, -0.25) is 14.6 Å². The van der Waals surface area contributed by atoms with E-state index in [1.807, 2.05) is 4.90 Å². The third-order valence-electron chi connectivity index (χ3n) is 4.78. The van der Waals surface area contributed by atoms with E-state index in [1.54, 1.807) is 29.2 Å². The lowest BCUT2D eigenvalue weighted by Crippen LogP contribution is -2.49. The Balaban J connectivity index is 1.45. The highest BCUT2D eigenvalue weighted by Crippen LogP contribution is 2.24. The first-order valence-electron chi connectivity index (χ1n) is 9.19. The Bertz CT molecular complexity index is 1140. The van der Waals surface area contributed by atoms with Gasteiger partial charge in [-0.1, -0.05) is 18.2 Å². The van der Waals surface area contributed by atoms with Crippen LogP contribution in [0, 0.1) is 0 Å². The van der Waals surface area contributed by atoms with Gasteiger partial charge in [0, 0.05) is 31.7 Å². The largest absolute Gasteiger partial charge is 0.573 e. The molecular formula is C20H17F3N4O3. The molecule has 3 aromatic rings. The van der Waals surface area contributed by atoms with Crippen molar-refractivity contribution in [1.82, 2.24) is 14.9 Å². The van der Waals surface area contributed by atoms with E-state index < -0.39 is 12.1 Å². The topological polar surface area (TPSA) is 78.5 Å². The van der Waals surface area contributed by atoms with Crippen molar-refractivity contribution in [2.75, 3.05) is 31.1 Å². The first-order chi connectivity index (χ1) is 14.3. The Labute approximate surface area is 168 Å². The molecule has 1 aliphatic heterocycles. The number of anilines is 1. The van der Waals surface area contributed by atoms with Crippen LogP contribution in [0.15, 0.2) is 53.3 Å². The number of H-pyrrole nitrogens is 1. The molecule has 0 saturated carbocycles. The molecule has 0 aliphatic carbocycles. The standard InChI is InChI=1S/C20H17F3N4O3/c21-20(22,23)30-14-5-3-4-13(12-14)18(29)26-8-10-27(11-9-26)19-24-16-7-2-1-6-15(16)17(28)25-19/h1-7,12H,8-11H2,(H,24,25,28). The molecule has 156 valence electrons. The molecule has 0 atom stereocenters. The predicted octanol–water partition coefficient (Wildman–Crippen LogP) is 2.78. The van der Waals surface area contributed by atoms with Crippen molar-refractivity contribution in [1.29, 1.82) is 0 Å². The zero-order valence-corrected chi connectivity index (χ0v) is 15.6. The minimum absolute atomic E-state index is 0.113. The third-order valence-corrected chi connectivity index (χ3v) is 4.78.